The SMILES string of the molecule is Cc1ccc(C(C)C)c(Oc2ccc(NC(=O)CCCC(=O)OCC(=O)Nc3cccc(Cl)c3Cl)cc2)c1. The van der Waals surface area contributed by atoms with Crippen molar-refractivity contribution in [2.24, 2.45) is 0 Å². The number of halogens is 2. The van der Waals surface area contributed by atoms with Crippen molar-refractivity contribution in [3.05, 3.63) is 81.8 Å². The fraction of sp³-hybridized carbons (Fsp3) is 0.276. The zero-order valence-corrected chi connectivity index (χ0v) is 23.0. The summed E-state index contributed by atoms with van der Waals surface area (Å²) in [6.45, 7) is 5.78. The Morgan fingerprint density at radius 3 is 2.34 bits per heavy atom. The topological polar surface area (TPSA) is 93.7 Å². The van der Waals surface area contributed by atoms with Gasteiger partial charge in [-0.1, -0.05) is 55.2 Å². The minimum atomic E-state index is -0.580. The van der Waals surface area contributed by atoms with Gasteiger partial charge in [-0.05, 0) is 72.9 Å². The number of carbonyl (C=O) groups excluding carboxylic acids is 3. The lowest BCUT2D eigenvalue weighted by Crippen LogP contribution is -2.21. The molecule has 0 atom stereocenters. The lowest BCUT2D eigenvalue weighted by Gasteiger charge is -2.15. The van der Waals surface area contributed by atoms with Crippen LogP contribution in [0.15, 0.2) is 60.7 Å². The first-order valence-corrected chi connectivity index (χ1v) is 13.0. The summed E-state index contributed by atoms with van der Waals surface area (Å²) in [6.07, 6.45) is 0.401. The third kappa shape index (κ3) is 8.78. The van der Waals surface area contributed by atoms with Crippen LogP contribution in [0.25, 0.3) is 0 Å². The van der Waals surface area contributed by atoms with Crippen LogP contribution in [0.5, 0.6) is 11.5 Å². The van der Waals surface area contributed by atoms with E-state index in [1.165, 1.54) is 0 Å². The van der Waals surface area contributed by atoms with Gasteiger partial charge in [0, 0.05) is 18.5 Å². The maximum atomic E-state index is 12.3. The summed E-state index contributed by atoms with van der Waals surface area (Å²) in [6, 6.07) is 18.1. The number of hydrogen-bond donors (Lipinski definition) is 2. The molecule has 38 heavy (non-hydrogen) atoms. The highest BCUT2D eigenvalue weighted by atomic mass is 35.5. The summed E-state index contributed by atoms with van der Waals surface area (Å²) >= 11 is 11.9. The van der Waals surface area contributed by atoms with Crippen molar-refractivity contribution < 1.29 is 23.9 Å². The van der Waals surface area contributed by atoms with E-state index >= 15 is 0 Å². The van der Waals surface area contributed by atoms with E-state index in [0.717, 1.165) is 16.9 Å². The molecule has 3 aromatic rings. The number of benzene rings is 3. The summed E-state index contributed by atoms with van der Waals surface area (Å²) in [4.78, 5) is 36.2. The number of anilines is 2. The first-order valence-electron chi connectivity index (χ1n) is 12.2. The molecule has 0 aliphatic rings. The molecule has 3 rings (SSSR count). The molecule has 0 heterocycles. The second-order valence-electron chi connectivity index (χ2n) is 9.03. The molecule has 2 N–H and O–H groups in total. The van der Waals surface area contributed by atoms with Crippen LogP contribution in [-0.4, -0.2) is 24.4 Å². The van der Waals surface area contributed by atoms with Crippen molar-refractivity contribution in [3.8, 4) is 11.5 Å². The van der Waals surface area contributed by atoms with Crippen LogP contribution in [0.2, 0.25) is 10.0 Å². The number of rotatable bonds is 11. The molecule has 200 valence electrons. The summed E-state index contributed by atoms with van der Waals surface area (Å²) in [5, 5.41) is 5.83. The zero-order valence-electron chi connectivity index (χ0n) is 21.5. The molecule has 7 nitrogen and oxygen atoms in total. The maximum Gasteiger partial charge on any atom is 0.306 e. The van der Waals surface area contributed by atoms with E-state index in [2.05, 4.69) is 36.6 Å². The van der Waals surface area contributed by atoms with E-state index in [1.54, 1.807) is 42.5 Å². The van der Waals surface area contributed by atoms with Gasteiger partial charge in [-0.3, -0.25) is 14.4 Å². The smallest absolute Gasteiger partial charge is 0.306 e. The fourth-order valence-corrected chi connectivity index (χ4v) is 3.91. The van der Waals surface area contributed by atoms with Crippen molar-refractivity contribution in [1.29, 1.82) is 0 Å². The lowest BCUT2D eigenvalue weighted by atomic mass is 10.0. The Morgan fingerprint density at radius 1 is 0.895 bits per heavy atom. The van der Waals surface area contributed by atoms with Crippen molar-refractivity contribution in [2.45, 2.75) is 46.0 Å². The Balaban J connectivity index is 1.38. The van der Waals surface area contributed by atoms with Gasteiger partial charge in [-0.2, -0.15) is 0 Å². The van der Waals surface area contributed by atoms with E-state index in [-0.39, 0.29) is 30.2 Å². The number of hydrogen-bond acceptors (Lipinski definition) is 5. The Hall–Kier alpha value is -3.55. The van der Waals surface area contributed by atoms with Crippen LogP contribution in [-0.2, 0) is 19.1 Å². The number of aryl methyl sites for hydroxylation is 1. The van der Waals surface area contributed by atoms with Gasteiger partial charge in [-0.25, -0.2) is 0 Å². The summed E-state index contributed by atoms with van der Waals surface area (Å²) in [5.41, 5.74) is 3.18. The molecule has 0 saturated heterocycles. The van der Waals surface area contributed by atoms with Crippen LogP contribution in [0.1, 0.15) is 50.2 Å². The van der Waals surface area contributed by atoms with Crippen LogP contribution in [0.4, 0.5) is 11.4 Å². The molecule has 0 aliphatic heterocycles. The highest BCUT2D eigenvalue weighted by Gasteiger charge is 2.13. The average molecular weight is 557 g/mol. The Bertz CT molecular complexity index is 1290. The molecular formula is C29H30Cl2N2O5. The second-order valence-corrected chi connectivity index (χ2v) is 9.82. The van der Waals surface area contributed by atoms with Gasteiger partial charge in [0.25, 0.3) is 5.91 Å². The van der Waals surface area contributed by atoms with E-state index in [9.17, 15) is 14.4 Å². The first kappa shape index (κ1) is 29.0. The fourth-order valence-electron chi connectivity index (χ4n) is 3.56. The summed E-state index contributed by atoms with van der Waals surface area (Å²) in [7, 11) is 0. The molecule has 0 bridgehead atoms. The highest BCUT2D eigenvalue weighted by Crippen LogP contribution is 2.32. The van der Waals surface area contributed by atoms with Crippen LogP contribution in [0, 0.1) is 6.92 Å². The molecule has 0 aromatic heterocycles. The molecule has 0 saturated carbocycles. The normalized spacial score (nSPS) is 10.7. The number of nitrogens with one attached hydrogen (secondary N) is 2. The summed E-state index contributed by atoms with van der Waals surface area (Å²) in [5.74, 6) is 0.445. The van der Waals surface area contributed by atoms with E-state index in [0.29, 0.717) is 28.1 Å². The van der Waals surface area contributed by atoms with Gasteiger partial charge < -0.3 is 20.1 Å². The molecule has 0 fully saturated rings. The predicted molar refractivity (Wildman–Crippen MR) is 150 cm³/mol. The minimum absolute atomic E-state index is 0.0000755. The Morgan fingerprint density at radius 2 is 1.63 bits per heavy atom. The number of carbonyl (C=O) groups is 3. The zero-order chi connectivity index (χ0) is 27.7. The van der Waals surface area contributed by atoms with Crippen molar-refractivity contribution >= 4 is 52.4 Å². The third-order valence-corrected chi connectivity index (χ3v) is 6.35. The monoisotopic (exact) mass is 556 g/mol. The first-order chi connectivity index (χ1) is 18.1. The van der Waals surface area contributed by atoms with E-state index in [1.807, 2.05) is 13.0 Å². The predicted octanol–water partition coefficient (Wildman–Crippen LogP) is 7.51. The molecule has 0 unspecified atom stereocenters. The minimum Gasteiger partial charge on any atom is -0.457 e. The molecule has 0 spiro atoms. The van der Waals surface area contributed by atoms with Gasteiger partial charge in [0.05, 0.1) is 15.7 Å². The van der Waals surface area contributed by atoms with Gasteiger partial charge >= 0.3 is 5.97 Å². The highest BCUT2D eigenvalue weighted by molar-refractivity contribution is 6.44. The van der Waals surface area contributed by atoms with Gasteiger partial charge in [0.15, 0.2) is 6.61 Å². The maximum absolute atomic E-state index is 12.3. The Labute approximate surface area is 232 Å². The average Bonchev–Trinajstić information content (AvgIpc) is 2.86. The molecule has 0 aliphatic carbocycles. The Kier molecular flexibility index (Phi) is 10.6. The molecular weight excluding hydrogens is 527 g/mol. The molecule has 2 amide bonds. The van der Waals surface area contributed by atoms with Crippen molar-refractivity contribution in [3.63, 3.8) is 0 Å². The van der Waals surface area contributed by atoms with E-state index < -0.39 is 18.5 Å². The van der Waals surface area contributed by atoms with E-state index in [4.69, 9.17) is 32.7 Å². The van der Waals surface area contributed by atoms with Gasteiger partial charge in [0.1, 0.15) is 11.5 Å². The summed E-state index contributed by atoms with van der Waals surface area (Å²) < 4.78 is 11.0. The second kappa shape index (κ2) is 13.8. The van der Waals surface area contributed by atoms with Crippen LogP contribution < -0.4 is 15.4 Å². The molecule has 0 radical (unpaired) electrons. The lowest BCUT2D eigenvalue weighted by molar-refractivity contribution is -0.147. The standard InChI is InChI=1S/C29H30Cl2N2O5/c1-18(2)22-15-10-19(3)16-25(22)38-21-13-11-20(12-14-21)32-26(34)8-5-9-28(36)37-17-27(35)33-24-7-4-6-23(30)29(24)31/h4,6-7,10-16,18H,5,8-9,17H2,1-3H3,(H,32,34)(H,33,35). The van der Waals surface area contributed by atoms with Gasteiger partial charge in [-0.15, -0.1) is 0 Å². The van der Waals surface area contributed by atoms with Crippen LogP contribution >= 0.6 is 23.2 Å². The quantitative estimate of drug-likeness (QED) is 0.238. The molecule has 9 heteroatoms. The number of amides is 2. The largest absolute Gasteiger partial charge is 0.457 e. The number of ether oxygens (including phenoxy) is 2. The van der Waals surface area contributed by atoms with Crippen LogP contribution in [0.3, 0.4) is 0 Å². The van der Waals surface area contributed by atoms with Crippen molar-refractivity contribution in [2.75, 3.05) is 17.2 Å². The van der Waals surface area contributed by atoms with Crippen molar-refractivity contribution in [1.82, 2.24) is 0 Å². The number of esters is 1. The molecule has 3 aromatic carbocycles. The van der Waals surface area contributed by atoms with Gasteiger partial charge in [0.2, 0.25) is 5.91 Å². The third-order valence-electron chi connectivity index (χ3n) is 5.53.